The SMILES string of the molecule is CC(CNCc1cn(CCO)nn1)c1ccccc1. The molecule has 0 spiro atoms. The van der Waals surface area contributed by atoms with Crippen molar-refractivity contribution < 1.29 is 5.11 Å². The normalized spacial score (nSPS) is 12.5. The van der Waals surface area contributed by atoms with E-state index in [-0.39, 0.29) is 6.61 Å². The average Bonchev–Trinajstić information content (AvgIpc) is 2.88. The quantitative estimate of drug-likeness (QED) is 0.784. The molecule has 102 valence electrons. The van der Waals surface area contributed by atoms with Crippen LogP contribution in [0.15, 0.2) is 36.5 Å². The third-order valence-electron chi connectivity index (χ3n) is 3.04. The van der Waals surface area contributed by atoms with E-state index in [1.165, 1.54) is 5.56 Å². The van der Waals surface area contributed by atoms with E-state index in [0.717, 1.165) is 12.2 Å². The zero-order chi connectivity index (χ0) is 13.5. The van der Waals surface area contributed by atoms with E-state index in [9.17, 15) is 0 Å². The molecule has 5 nitrogen and oxygen atoms in total. The van der Waals surface area contributed by atoms with Gasteiger partial charge in [-0.15, -0.1) is 5.10 Å². The molecule has 5 heteroatoms. The Balaban J connectivity index is 1.76. The molecular weight excluding hydrogens is 240 g/mol. The average molecular weight is 260 g/mol. The molecule has 0 amide bonds. The highest BCUT2D eigenvalue weighted by Gasteiger charge is 2.05. The molecule has 0 fully saturated rings. The lowest BCUT2D eigenvalue weighted by Gasteiger charge is -2.12. The van der Waals surface area contributed by atoms with Crippen LogP contribution >= 0.6 is 0 Å². The number of hydrogen-bond acceptors (Lipinski definition) is 4. The minimum atomic E-state index is 0.0846. The second kappa shape index (κ2) is 7.01. The van der Waals surface area contributed by atoms with Gasteiger partial charge in [-0.05, 0) is 11.5 Å². The Labute approximate surface area is 113 Å². The summed E-state index contributed by atoms with van der Waals surface area (Å²) in [5.41, 5.74) is 2.23. The lowest BCUT2D eigenvalue weighted by Crippen LogP contribution is -2.19. The number of nitrogens with zero attached hydrogens (tertiary/aromatic N) is 3. The summed E-state index contributed by atoms with van der Waals surface area (Å²) in [5, 5.41) is 20.1. The van der Waals surface area contributed by atoms with Gasteiger partial charge in [-0.2, -0.15) is 0 Å². The molecule has 1 aromatic carbocycles. The molecular formula is C14H20N4O. The van der Waals surface area contributed by atoms with E-state index in [1.807, 2.05) is 12.3 Å². The van der Waals surface area contributed by atoms with Crippen molar-refractivity contribution in [1.29, 1.82) is 0 Å². The van der Waals surface area contributed by atoms with Gasteiger partial charge in [0.05, 0.1) is 18.8 Å². The van der Waals surface area contributed by atoms with Crippen LogP contribution in [-0.4, -0.2) is 33.3 Å². The van der Waals surface area contributed by atoms with E-state index in [4.69, 9.17) is 5.11 Å². The lowest BCUT2D eigenvalue weighted by molar-refractivity contribution is 0.268. The van der Waals surface area contributed by atoms with E-state index >= 15 is 0 Å². The van der Waals surface area contributed by atoms with Crippen LogP contribution in [0.25, 0.3) is 0 Å². The highest BCUT2D eigenvalue weighted by molar-refractivity contribution is 5.18. The summed E-state index contributed by atoms with van der Waals surface area (Å²) in [5.74, 6) is 0.466. The molecule has 1 heterocycles. The summed E-state index contributed by atoms with van der Waals surface area (Å²) in [6.07, 6.45) is 1.86. The van der Waals surface area contributed by atoms with Crippen molar-refractivity contribution in [2.24, 2.45) is 0 Å². The Hall–Kier alpha value is -1.72. The molecule has 1 atom stereocenters. The maximum absolute atomic E-state index is 8.80. The van der Waals surface area contributed by atoms with Crippen LogP contribution < -0.4 is 5.32 Å². The van der Waals surface area contributed by atoms with Crippen LogP contribution in [-0.2, 0) is 13.1 Å². The standard InChI is InChI=1S/C14H20N4O/c1-12(13-5-3-2-4-6-13)9-15-10-14-11-18(7-8-19)17-16-14/h2-6,11-12,15,19H,7-10H2,1H3. The molecule has 0 bridgehead atoms. The third kappa shape index (κ3) is 4.15. The van der Waals surface area contributed by atoms with Gasteiger partial charge in [0.15, 0.2) is 0 Å². The number of nitrogens with one attached hydrogen (secondary N) is 1. The summed E-state index contributed by atoms with van der Waals surface area (Å²) in [6, 6.07) is 10.4. The van der Waals surface area contributed by atoms with Crippen LogP contribution in [0.2, 0.25) is 0 Å². The van der Waals surface area contributed by atoms with Crippen molar-refractivity contribution in [3.8, 4) is 0 Å². The fraction of sp³-hybridized carbons (Fsp3) is 0.429. The number of aliphatic hydroxyl groups excluding tert-OH is 1. The van der Waals surface area contributed by atoms with Crippen molar-refractivity contribution in [3.63, 3.8) is 0 Å². The van der Waals surface area contributed by atoms with Crippen LogP contribution in [0.3, 0.4) is 0 Å². The zero-order valence-electron chi connectivity index (χ0n) is 11.2. The Morgan fingerprint density at radius 1 is 1.32 bits per heavy atom. The van der Waals surface area contributed by atoms with E-state index in [2.05, 4.69) is 46.8 Å². The summed E-state index contributed by atoms with van der Waals surface area (Å²) in [4.78, 5) is 0. The Morgan fingerprint density at radius 2 is 2.11 bits per heavy atom. The van der Waals surface area contributed by atoms with E-state index in [1.54, 1.807) is 4.68 Å². The highest BCUT2D eigenvalue weighted by Crippen LogP contribution is 2.13. The largest absolute Gasteiger partial charge is 0.394 e. The fourth-order valence-electron chi connectivity index (χ4n) is 1.95. The molecule has 2 aromatic rings. The number of benzene rings is 1. The topological polar surface area (TPSA) is 63.0 Å². The first-order valence-corrected chi connectivity index (χ1v) is 6.55. The van der Waals surface area contributed by atoms with Crippen molar-refractivity contribution in [1.82, 2.24) is 20.3 Å². The number of aromatic nitrogens is 3. The smallest absolute Gasteiger partial charge is 0.0964 e. The molecule has 0 radical (unpaired) electrons. The Bertz CT molecular complexity index is 483. The first-order chi connectivity index (χ1) is 9.29. The molecule has 0 aliphatic carbocycles. The second-order valence-corrected chi connectivity index (χ2v) is 4.64. The van der Waals surface area contributed by atoms with Gasteiger partial charge in [-0.1, -0.05) is 42.5 Å². The first-order valence-electron chi connectivity index (χ1n) is 6.55. The van der Waals surface area contributed by atoms with Gasteiger partial charge in [-0.25, -0.2) is 4.68 Å². The van der Waals surface area contributed by atoms with Gasteiger partial charge >= 0.3 is 0 Å². The zero-order valence-corrected chi connectivity index (χ0v) is 11.2. The predicted molar refractivity (Wildman–Crippen MR) is 73.7 cm³/mol. The highest BCUT2D eigenvalue weighted by atomic mass is 16.3. The van der Waals surface area contributed by atoms with Gasteiger partial charge in [-0.3, -0.25) is 0 Å². The van der Waals surface area contributed by atoms with Crippen molar-refractivity contribution in [2.75, 3.05) is 13.2 Å². The van der Waals surface area contributed by atoms with Gasteiger partial charge in [0, 0.05) is 19.3 Å². The maximum atomic E-state index is 8.80. The van der Waals surface area contributed by atoms with Crippen LogP contribution in [0, 0.1) is 0 Å². The minimum Gasteiger partial charge on any atom is -0.394 e. The molecule has 0 saturated heterocycles. The van der Waals surface area contributed by atoms with Crippen LogP contribution in [0.1, 0.15) is 24.1 Å². The number of rotatable bonds is 7. The number of aliphatic hydroxyl groups is 1. The molecule has 19 heavy (non-hydrogen) atoms. The summed E-state index contributed by atoms with van der Waals surface area (Å²) in [6.45, 7) is 4.37. The van der Waals surface area contributed by atoms with Gasteiger partial charge in [0.2, 0.25) is 0 Å². The van der Waals surface area contributed by atoms with Crippen molar-refractivity contribution >= 4 is 0 Å². The predicted octanol–water partition coefficient (Wildman–Crippen LogP) is 1.16. The Morgan fingerprint density at radius 3 is 2.84 bits per heavy atom. The van der Waals surface area contributed by atoms with E-state index < -0.39 is 0 Å². The maximum Gasteiger partial charge on any atom is 0.0964 e. The van der Waals surface area contributed by atoms with Crippen molar-refractivity contribution in [3.05, 3.63) is 47.8 Å². The Kier molecular flexibility index (Phi) is 5.06. The minimum absolute atomic E-state index is 0.0846. The van der Waals surface area contributed by atoms with Gasteiger partial charge in [0.1, 0.15) is 0 Å². The monoisotopic (exact) mass is 260 g/mol. The molecule has 2 rings (SSSR count). The molecule has 1 unspecified atom stereocenters. The summed E-state index contributed by atoms with van der Waals surface area (Å²) in [7, 11) is 0. The molecule has 0 saturated carbocycles. The molecule has 0 aliphatic rings. The molecule has 0 aliphatic heterocycles. The first kappa shape index (κ1) is 13.7. The molecule has 2 N–H and O–H groups in total. The summed E-state index contributed by atoms with van der Waals surface area (Å²) >= 11 is 0. The van der Waals surface area contributed by atoms with Crippen LogP contribution in [0.4, 0.5) is 0 Å². The summed E-state index contributed by atoms with van der Waals surface area (Å²) < 4.78 is 1.65. The van der Waals surface area contributed by atoms with Gasteiger partial charge < -0.3 is 10.4 Å². The lowest BCUT2D eigenvalue weighted by atomic mass is 10.0. The van der Waals surface area contributed by atoms with Crippen molar-refractivity contribution in [2.45, 2.75) is 25.9 Å². The number of hydrogen-bond donors (Lipinski definition) is 2. The van der Waals surface area contributed by atoms with Crippen LogP contribution in [0.5, 0.6) is 0 Å². The fourth-order valence-corrected chi connectivity index (χ4v) is 1.95. The second-order valence-electron chi connectivity index (χ2n) is 4.64. The third-order valence-corrected chi connectivity index (χ3v) is 3.04. The van der Waals surface area contributed by atoms with Gasteiger partial charge in [0.25, 0.3) is 0 Å². The van der Waals surface area contributed by atoms with E-state index in [0.29, 0.717) is 19.0 Å². The molecule has 1 aromatic heterocycles.